The van der Waals surface area contributed by atoms with E-state index in [1.165, 1.54) is 4.31 Å². The third kappa shape index (κ3) is 4.08. The first kappa shape index (κ1) is 21.1. The highest BCUT2D eigenvalue weighted by Gasteiger charge is 2.34. The number of sulfonamides is 1. The highest BCUT2D eigenvalue weighted by atomic mass is 32.2. The molecule has 5 nitrogen and oxygen atoms in total. The standard InChI is InChI=1S/C25H26N2O3S/c1-18-11-13-23(14-12-18)31(29,30)26(22-9-6-7-19(2)15-22)17-25(28)27-20(3)16-21-8-4-5-10-24(21)27/h4-15,20H,16-17H2,1-3H3/t20-/m1/s1. The number of benzene rings is 3. The molecular formula is C25H26N2O3S. The maximum absolute atomic E-state index is 13.6. The third-order valence-corrected chi connectivity index (χ3v) is 7.44. The summed E-state index contributed by atoms with van der Waals surface area (Å²) in [6.45, 7) is 5.53. The largest absolute Gasteiger partial charge is 0.307 e. The Hall–Kier alpha value is -3.12. The molecule has 0 unspecified atom stereocenters. The summed E-state index contributed by atoms with van der Waals surface area (Å²) in [5.74, 6) is -0.241. The van der Waals surface area contributed by atoms with Crippen molar-refractivity contribution in [1.82, 2.24) is 0 Å². The van der Waals surface area contributed by atoms with Gasteiger partial charge < -0.3 is 4.90 Å². The molecule has 4 rings (SSSR count). The van der Waals surface area contributed by atoms with Crippen LogP contribution in [0.5, 0.6) is 0 Å². The fraction of sp³-hybridized carbons (Fsp3) is 0.240. The first-order valence-corrected chi connectivity index (χ1v) is 11.8. The summed E-state index contributed by atoms with van der Waals surface area (Å²) < 4.78 is 28.4. The van der Waals surface area contributed by atoms with Crippen LogP contribution in [0.25, 0.3) is 0 Å². The first-order chi connectivity index (χ1) is 14.8. The number of amides is 1. The molecule has 0 saturated heterocycles. The van der Waals surface area contributed by atoms with Crippen molar-refractivity contribution in [2.45, 2.75) is 38.1 Å². The first-order valence-electron chi connectivity index (χ1n) is 10.3. The van der Waals surface area contributed by atoms with E-state index in [0.717, 1.165) is 28.8 Å². The summed E-state index contributed by atoms with van der Waals surface area (Å²) in [4.78, 5) is 15.3. The number of hydrogen-bond acceptors (Lipinski definition) is 3. The second kappa shape index (κ2) is 8.19. The second-order valence-corrected chi connectivity index (χ2v) is 9.97. The molecule has 1 amide bonds. The number of rotatable bonds is 5. The molecule has 0 aromatic heterocycles. The Morgan fingerprint density at radius 2 is 1.68 bits per heavy atom. The quantitative estimate of drug-likeness (QED) is 0.595. The van der Waals surface area contributed by atoms with Gasteiger partial charge in [-0.25, -0.2) is 8.42 Å². The molecule has 0 N–H and O–H groups in total. The van der Waals surface area contributed by atoms with Crippen molar-refractivity contribution in [1.29, 1.82) is 0 Å². The lowest BCUT2D eigenvalue weighted by Crippen LogP contribution is -2.45. The molecule has 1 aliphatic rings. The van der Waals surface area contributed by atoms with E-state index in [1.54, 1.807) is 47.4 Å². The molecule has 0 aliphatic carbocycles. The maximum Gasteiger partial charge on any atom is 0.264 e. The van der Waals surface area contributed by atoms with E-state index in [4.69, 9.17) is 0 Å². The number of aryl methyl sites for hydroxylation is 2. The third-order valence-electron chi connectivity index (χ3n) is 5.65. The molecular weight excluding hydrogens is 408 g/mol. The predicted octanol–water partition coefficient (Wildman–Crippen LogP) is 4.48. The summed E-state index contributed by atoms with van der Waals surface area (Å²) >= 11 is 0. The highest BCUT2D eigenvalue weighted by Crippen LogP contribution is 2.33. The van der Waals surface area contributed by atoms with Crippen molar-refractivity contribution in [2.75, 3.05) is 15.7 Å². The molecule has 160 valence electrons. The van der Waals surface area contributed by atoms with Gasteiger partial charge in [0.15, 0.2) is 0 Å². The number of fused-ring (bicyclic) bond motifs is 1. The van der Waals surface area contributed by atoms with Gasteiger partial charge in [0.25, 0.3) is 10.0 Å². The van der Waals surface area contributed by atoms with E-state index >= 15 is 0 Å². The van der Waals surface area contributed by atoms with Crippen LogP contribution in [0.1, 0.15) is 23.6 Å². The number of anilines is 2. The predicted molar refractivity (Wildman–Crippen MR) is 124 cm³/mol. The Morgan fingerprint density at radius 1 is 0.968 bits per heavy atom. The minimum Gasteiger partial charge on any atom is -0.307 e. The Bertz CT molecular complexity index is 1220. The lowest BCUT2D eigenvalue weighted by molar-refractivity contribution is -0.117. The minimum absolute atomic E-state index is 0.0219. The summed E-state index contributed by atoms with van der Waals surface area (Å²) in [6.07, 6.45) is 0.761. The Balaban J connectivity index is 1.74. The number of para-hydroxylation sites is 1. The zero-order valence-corrected chi connectivity index (χ0v) is 18.8. The van der Waals surface area contributed by atoms with Gasteiger partial charge in [0.05, 0.1) is 10.6 Å². The van der Waals surface area contributed by atoms with Crippen LogP contribution in [0.15, 0.2) is 77.7 Å². The normalized spacial score (nSPS) is 15.6. The van der Waals surface area contributed by atoms with Gasteiger partial charge in [-0.3, -0.25) is 9.10 Å². The molecule has 1 aliphatic heterocycles. The molecule has 6 heteroatoms. The molecule has 0 saturated carbocycles. The second-order valence-electron chi connectivity index (χ2n) is 8.11. The van der Waals surface area contributed by atoms with Crippen LogP contribution in [0.3, 0.4) is 0 Å². The summed E-state index contributed by atoms with van der Waals surface area (Å²) in [5.41, 5.74) is 4.34. The van der Waals surface area contributed by atoms with Crippen molar-refractivity contribution in [3.63, 3.8) is 0 Å². The summed E-state index contributed by atoms with van der Waals surface area (Å²) in [6, 6.07) is 21.7. The SMILES string of the molecule is Cc1ccc(S(=O)(=O)N(CC(=O)N2c3ccccc3C[C@H]2C)c2cccc(C)c2)cc1. The highest BCUT2D eigenvalue weighted by molar-refractivity contribution is 7.92. The molecule has 0 radical (unpaired) electrons. The molecule has 1 atom stereocenters. The number of carbonyl (C=O) groups excluding carboxylic acids is 1. The van der Waals surface area contributed by atoms with Crippen molar-refractivity contribution in [3.05, 3.63) is 89.5 Å². The number of carbonyl (C=O) groups is 1. The van der Waals surface area contributed by atoms with Gasteiger partial charge in [-0.15, -0.1) is 0 Å². The van der Waals surface area contributed by atoms with Gasteiger partial charge in [-0.05, 0) is 68.7 Å². The van der Waals surface area contributed by atoms with Crippen LogP contribution >= 0.6 is 0 Å². The molecule has 0 spiro atoms. The van der Waals surface area contributed by atoms with Crippen LogP contribution in [-0.4, -0.2) is 26.9 Å². The summed E-state index contributed by atoms with van der Waals surface area (Å²) in [7, 11) is -3.92. The van der Waals surface area contributed by atoms with Crippen molar-refractivity contribution >= 4 is 27.3 Å². The van der Waals surface area contributed by atoms with Gasteiger partial charge in [-0.2, -0.15) is 0 Å². The van der Waals surface area contributed by atoms with Gasteiger partial charge in [0.2, 0.25) is 5.91 Å². The van der Waals surface area contributed by atoms with Crippen LogP contribution in [-0.2, 0) is 21.2 Å². The Labute approximate surface area is 184 Å². The molecule has 0 bridgehead atoms. The molecule has 31 heavy (non-hydrogen) atoms. The number of hydrogen-bond donors (Lipinski definition) is 0. The average Bonchev–Trinajstić information content (AvgIpc) is 3.07. The van der Waals surface area contributed by atoms with Gasteiger partial charge in [0.1, 0.15) is 6.54 Å². The van der Waals surface area contributed by atoms with Gasteiger partial charge in [-0.1, -0.05) is 48.0 Å². The fourth-order valence-electron chi connectivity index (χ4n) is 4.08. The Morgan fingerprint density at radius 3 is 2.39 bits per heavy atom. The smallest absolute Gasteiger partial charge is 0.264 e. The van der Waals surface area contributed by atoms with Crippen LogP contribution in [0.2, 0.25) is 0 Å². The van der Waals surface area contributed by atoms with Gasteiger partial charge in [0, 0.05) is 11.7 Å². The maximum atomic E-state index is 13.6. The lowest BCUT2D eigenvalue weighted by Gasteiger charge is -2.29. The van der Waals surface area contributed by atoms with Crippen molar-refractivity contribution in [3.8, 4) is 0 Å². The van der Waals surface area contributed by atoms with E-state index in [-0.39, 0.29) is 23.4 Å². The van der Waals surface area contributed by atoms with E-state index in [2.05, 4.69) is 0 Å². The topological polar surface area (TPSA) is 57.7 Å². The van der Waals surface area contributed by atoms with Crippen LogP contribution < -0.4 is 9.21 Å². The van der Waals surface area contributed by atoms with Crippen molar-refractivity contribution in [2.24, 2.45) is 0 Å². The molecule has 1 heterocycles. The van der Waals surface area contributed by atoms with Gasteiger partial charge >= 0.3 is 0 Å². The van der Waals surface area contributed by atoms with E-state index in [1.807, 2.05) is 51.1 Å². The molecule has 3 aromatic carbocycles. The zero-order chi connectivity index (χ0) is 22.2. The monoisotopic (exact) mass is 434 g/mol. The summed E-state index contributed by atoms with van der Waals surface area (Å²) in [5, 5.41) is 0. The van der Waals surface area contributed by atoms with Crippen molar-refractivity contribution < 1.29 is 13.2 Å². The average molecular weight is 435 g/mol. The minimum atomic E-state index is -3.92. The van der Waals surface area contributed by atoms with E-state index in [0.29, 0.717) is 5.69 Å². The Kier molecular flexibility index (Phi) is 5.58. The zero-order valence-electron chi connectivity index (χ0n) is 17.9. The van der Waals surface area contributed by atoms with E-state index < -0.39 is 10.0 Å². The fourth-order valence-corrected chi connectivity index (χ4v) is 5.49. The van der Waals surface area contributed by atoms with Crippen LogP contribution in [0.4, 0.5) is 11.4 Å². The molecule has 0 fully saturated rings. The van der Waals surface area contributed by atoms with E-state index in [9.17, 15) is 13.2 Å². The van der Waals surface area contributed by atoms with Crippen LogP contribution in [0, 0.1) is 13.8 Å². The number of nitrogens with zero attached hydrogens (tertiary/aromatic N) is 2. The molecule has 3 aromatic rings. The lowest BCUT2D eigenvalue weighted by atomic mass is 10.1.